The summed E-state index contributed by atoms with van der Waals surface area (Å²) in [6, 6.07) is 6.76. The Bertz CT molecular complexity index is 731. The van der Waals surface area contributed by atoms with Gasteiger partial charge in [-0.1, -0.05) is 17.7 Å². The number of allylic oxidation sites excluding steroid dienone is 1. The first-order valence-electron chi connectivity index (χ1n) is 7.13. The number of benzene rings is 1. The molecule has 0 amide bonds. The van der Waals surface area contributed by atoms with Gasteiger partial charge in [-0.2, -0.15) is 4.31 Å². The SMILES string of the molecule is CC1=C2CN(S(=O)(=O)c3ccc(C)cc3)[C@H](C)[C@@H]2CC1=O. The van der Waals surface area contributed by atoms with Gasteiger partial charge in [0.2, 0.25) is 10.0 Å². The number of hydrogen-bond donors (Lipinski definition) is 0. The summed E-state index contributed by atoms with van der Waals surface area (Å²) in [7, 11) is -3.50. The van der Waals surface area contributed by atoms with Crippen LogP contribution in [0.2, 0.25) is 0 Å². The molecule has 1 fully saturated rings. The second-order valence-corrected chi connectivity index (χ2v) is 7.88. The largest absolute Gasteiger partial charge is 0.295 e. The molecule has 0 spiro atoms. The van der Waals surface area contributed by atoms with E-state index >= 15 is 0 Å². The van der Waals surface area contributed by atoms with Crippen LogP contribution in [0.4, 0.5) is 0 Å². The molecule has 0 bridgehead atoms. The van der Waals surface area contributed by atoms with Gasteiger partial charge in [-0.25, -0.2) is 8.42 Å². The number of aryl methyl sites for hydroxylation is 1. The summed E-state index contributed by atoms with van der Waals surface area (Å²) in [4.78, 5) is 12.1. The zero-order valence-corrected chi connectivity index (χ0v) is 13.3. The molecule has 5 heteroatoms. The fourth-order valence-electron chi connectivity index (χ4n) is 3.29. The number of nitrogens with zero attached hydrogens (tertiary/aromatic N) is 1. The van der Waals surface area contributed by atoms with Crippen molar-refractivity contribution in [3.05, 3.63) is 41.0 Å². The summed E-state index contributed by atoms with van der Waals surface area (Å²) >= 11 is 0. The highest BCUT2D eigenvalue weighted by atomic mass is 32.2. The van der Waals surface area contributed by atoms with Gasteiger partial charge >= 0.3 is 0 Å². The summed E-state index contributed by atoms with van der Waals surface area (Å²) in [5.74, 6) is 0.215. The van der Waals surface area contributed by atoms with Crippen molar-refractivity contribution >= 4 is 15.8 Å². The Hall–Kier alpha value is -1.46. The maximum atomic E-state index is 12.8. The molecule has 0 N–H and O–H groups in total. The molecule has 0 radical (unpaired) electrons. The van der Waals surface area contributed by atoms with Crippen LogP contribution in [0.3, 0.4) is 0 Å². The second kappa shape index (κ2) is 4.78. The Morgan fingerprint density at radius 3 is 2.33 bits per heavy atom. The third-order valence-electron chi connectivity index (χ3n) is 4.74. The number of Topliss-reactive ketones (excluding diaryl/α,β-unsaturated/α-hetero) is 1. The van der Waals surface area contributed by atoms with Crippen molar-refractivity contribution in [3.63, 3.8) is 0 Å². The van der Waals surface area contributed by atoms with Crippen LogP contribution in [0.15, 0.2) is 40.3 Å². The third-order valence-corrected chi connectivity index (χ3v) is 6.69. The van der Waals surface area contributed by atoms with Gasteiger partial charge in [0.15, 0.2) is 5.78 Å². The van der Waals surface area contributed by atoms with Crippen LogP contribution in [0.5, 0.6) is 0 Å². The Labute approximate surface area is 125 Å². The van der Waals surface area contributed by atoms with E-state index in [1.54, 1.807) is 12.1 Å². The van der Waals surface area contributed by atoms with Crippen molar-refractivity contribution in [3.8, 4) is 0 Å². The number of hydrogen-bond acceptors (Lipinski definition) is 3. The molecule has 21 heavy (non-hydrogen) atoms. The lowest BCUT2D eigenvalue weighted by atomic mass is 9.99. The first-order chi connectivity index (χ1) is 9.82. The number of carbonyl (C=O) groups excluding carboxylic acids is 1. The van der Waals surface area contributed by atoms with Crippen LogP contribution in [-0.4, -0.2) is 31.1 Å². The molecule has 1 heterocycles. The zero-order valence-electron chi connectivity index (χ0n) is 12.5. The van der Waals surface area contributed by atoms with E-state index in [4.69, 9.17) is 0 Å². The molecule has 2 aliphatic rings. The minimum absolute atomic E-state index is 0.0534. The molecular weight excluding hydrogens is 286 g/mol. The minimum atomic E-state index is -3.50. The van der Waals surface area contributed by atoms with Crippen molar-refractivity contribution in [2.24, 2.45) is 5.92 Å². The summed E-state index contributed by atoms with van der Waals surface area (Å²) in [5, 5.41) is 0. The van der Waals surface area contributed by atoms with E-state index < -0.39 is 10.0 Å². The number of carbonyl (C=O) groups is 1. The van der Waals surface area contributed by atoms with Gasteiger partial charge in [0.25, 0.3) is 0 Å². The second-order valence-electron chi connectivity index (χ2n) is 5.99. The average molecular weight is 305 g/mol. The highest BCUT2D eigenvalue weighted by molar-refractivity contribution is 7.89. The van der Waals surface area contributed by atoms with Crippen LogP contribution in [0, 0.1) is 12.8 Å². The Balaban J connectivity index is 1.98. The topological polar surface area (TPSA) is 54.5 Å². The lowest BCUT2D eigenvalue weighted by molar-refractivity contribution is -0.115. The predicted octanol–water partition coefficient (Wildman–Crippen LogP) is 2.29. The molecule has 0 unspecified atom stereocenters. The molecule has 0 aromatic heterocycles. The third kappa shape index (κ3) is 2.15. The maximum Gasteiger partial charge on any atom is 0.243 e. The summed E-state index contributed by atoms with van der Waals surface area (Å²) in [6.07, 6.45) is 0.447. The molecule has 1 aromatic rings. The quantitative estimate of drug-likeness (QED) is 0.842. The van der Waals surface area contributed by atoms with Crippen LogP contribution in [0.1, 0.15) is 25.8 Å². The van der Waals surface area contributed by atoms with E-state index in [2.05, 4.69) is 0 Å². The van der Waals surface area contributed by atoms with E-state index in [1.165, 1.54) is 4.31 Å². The van der Waals surface area contributed by atoms with E-state index in [-0.39, 0.29) is 17.7 Å². The molecule has 112 valence electrons. The maximum absolute atomic E-state index is 12.8. The lowest BCUT2D eigenvalue weighted by Gasteiger charge is -2.23. The number of fused-ring (bicyclic) bond motifs is 1. The van der Waals surface area contributed by atoms with Crippen molar-refractivity contribution in [1.82, 2.24) is 4.31 Å². The molecule has 1 aromatic carbocycles. The fourth-order valence-corrected chi connectivity index (χ4v) is 4.94. The van der Waals surface area contributed by atoms with E-state index in [0.717, 1.165) is 16.7 Å². The lowest BCUT2D eigenvalue weighted by Crippen LogP contribution is -2.36. The summed E-state index contributed by atoms with van der Waals surface area (Å²) in [5.41, 5.74) is 2.79. The van der Waals surface area contributed by atoms with Crippen molar-refractivity contribution in [2.75, 3.05) is 6.54 Å². The Morgan fingerprint density at radius 2 is 1.76 bits per heavy atom. The Kier molecular flexibility index (Phi) is 3.30. The molecular formula is C16H19NO3S. The average Bonchev–Trinajstić information content (AvgIpc) is 2.90. The molecule has 1 aliphatic carbocycles. The minimum Gasteiger partial charge on any atom is -0.295 e. The summed E-state index contributed by atoms with van der Waals surface area (Å²) < 4.78 is 27.1. The Morgan fingerprint density at radius 1 is 1.14 bits per heavy atom. The molecule has 4 nitrogen and oxygen atoms in total. The number of rotatable bonds is 2. The molecule has 3 rings (SSSR count). The van der Waals surface area contributed by atoms with Crippen LogP contribution in [-0.2, 0) is 14.8 Å². The standard InChI is InChI=1S/C16H19NO3S/c1-10-4-6-13(7-5-10)21(19,20)17-9-15-11(2)16(18)8-14(15)12(17)3/h4-7,12,14H,8-9H2,1-3H3/t12-,14+/m1/s1. The van der Waals surface area contributed by atoms with Crippen molar-refractivity contribution < 1.29 is 13.2 Å². The van der Waals surface area contributed by atoms with Crippen LogP contribution in [0.25, 0.3) is 0 Å². The van der Waals surface area contributed by atoms with Crippen LogP contribution >= 0.6 is 0 Å². The van der Waals surface area contributed by atoms with Gasteiger partial charge in [0, 0.05) is 24.9 Å². The fraction of sp³-hybridized carbons (Fsp3) is 0.438. The molecule has 2 atom stereocenters. The molecule has 1 saturated heterocycles. The van der Waals surface area contributed by atoms with Gasteiger partial charge < -0.3 is 0 Å². The number of sulfonamides is 1. The van der Waals surface area contributed by atoms with E-state index in [9.17, 15) is 13.2 Å². The first-order valence-corrected chi connectivity index (χ1v) is 8.57. The monoisotopic (exact) mass is 305 g/mol. The predicted molar refractivity (Wildman–Crippen MR) is 80.3 cm³/mol. The first kappa shape index (κ1) is 14.5. The normalized spacial score (nSPS) is 26.5. The highest BCUT2D eigenvalue weighted by Gasteiger charge is 2.46. The van der Waals surface area contributed by atoms with Crippen LogP contribution < -0.4 is 0 Å². The van der Waals surface area contributed by atoms with Gasteiger partial charge in [0.05, 0.1) is 4.90 Å². The number of ketones is 1. The van der Waals surface area contributed by atoms with E-state index in [0.29, 0.717) is 17.9 Å². The molecule has 0 saturated carbocycles. The van der Waals surface area contributed by atoms with Crippen molar-refractivity contribution in [1.29, 1.82) is 0 Å². The summed E-state index contributed by atoms with van der Waals surface area (Å²) in [6.45, 7) is 5.99. The molecule has 1 aliphatic heterocycles. The van der Waals surface area contributed by atoms with Gasteiger partial charge in [0.1, 0.15) is 0 Å². The van der Waals surface area contributed by atoms with Gasteiger partial charge in [-0.05, 0) is 44.1 Å². The van der Waals surface area contributed by atoms with Crippen molar-refractivity contribution in [2.45, 2.75) is 38.1 Å². The van der Waals surface area contributed by atoms with Gasteiger partial charge in [-0.15, -0.1) is 0 Å². The van der Waals surface area contributed by atoms with E-state index in [1.807, 2.05) is 32.9 Å². The zero-order chi connectivity index (χ0) is 15.4. The smallest absolute Gasteiger partial charge is 0.243 e. The highest BCUT2D eigenvalue weighted by Crippen LogP contribution is 2.42. The van der Waals surface area contributed by atoms with Gasteiger partial charge in [-0.3, -0.25) is 4.79 Å².